The zero-order chi connectivity index (χ0) is 16.6. The van der Waals surface area contributed by atoms with Gasteiger partial charge in [0.25, 0.3) is 5.91 Å². The highest BCUT2D eigenvalue weighted by molar-refractivity contribution is 6.06. The average Bonchev–Trinajstić information content (AvgIpc) is 3.03. The van der Waals surface area contributed by atoms with Gasteiger partial charge in [-0.3, -0.25) is 14.6 Å². The monoisotopic (exact) mass is 312 g/mol. The van der Waals surface area contributed by atoms with Crippen molar-refractivity contribution in [3.8, 4) is 0 Å². The Morgan fingerprint density at radius 1 is 1.30 bits per heavy atom. The van der Waals surface area contributed by atoms with E-state index in [9.17, 15) is 9.59 Å². The van der Waals surface area contributed by atoms with E-state index in [2.05, 4.69) is 4.98 Å². The van der Waals surface area contributed by atoms with Crippen LogP contribution < -0.4 is 0 Å². The van der Waals surface area contributed by atoms with E-state index in [4.69, 9.17) is 5.11 Å². The van der Waals surface area contributed by atoms with Crippen molar-refractivity contribution in [1.82, 2.24) is 9.88 Å². The number of rotatable bonds is 3. The number of amides is 1. The smallest absolute Gasteiger partial charge is 0.308 e. The number of benzene rings is 1. The molecule has 3 rings (SSSR count). The lowest BCUT2D eigenvalue weighted by Crippen LogP contribution is -2.30. The molecule has 1 unspecified atom stereocenters. The minimum atomic E-state index is -0.831. The first-order chi connectivity index (χ1) is 11.0. The van der Waals surface area contributed by atoms with Gasteiger partial charge in [-0.25, -0.2) is 0 Å². The van der Waals surface area contributed by atoms with Crippen molar-refractivity contribution in [2.45, 2.75) is 26.2 Å². The Labute approximate surface area is 134 Å². The van der Waals surface area contributed by atoms with Gasteiger partial charge in [-0.05, 0) is 24.5 Å². The SMILES string of the molecule is CC(C)c1cc(C(=O)N2CCC(C(=O)O)C2)c2ccccc2n1. The summed E-state index contributed by atoms with van der Waals surface area (Å²) in [5, 5.41) is 9.94. The van der Waals surface area contributed by atoms with E-state index < -0.39 is 11.9 Å². The molecule has 1 saturated heterocycles. The van der Waals surface area contributed by atoms with Gasteiger partial charge in [-0.2, -0.15) is 0 Å². The molecule has 5 nitrogen and oxygen atoms in total. The molecule has 1 N–H and O–H groups in total. The van der Waals surface area contributed by atoms with Crippen LogP contribution in [-0.2, 0) is 4.79 Å². The standard InChI is InChI=1S/C18H20N2O3/c1-11(2)16-9-14(13-5-3-4-6-15(13)19-16)17(21)20-8-7-12(10-20)18(22)23/h3-6,9,11-12H,7-8,10H2,1-2H3,(H,22,23). The van der Waals surface area contributed by atoms with E-state index in [0.717, 1.165) is 16.6 Å². The Kier molecular flexibility index (Phi) is 4.03. The fourth-order valence-corrected chi connectivity index (χ4v) is 2.99. The van der Waals surface area contributed by atoms with E-state index in [1.54, 1.807) is 4.90 Å². The number of pyridine rings is 1. The van der Waals surface area contributed by atoms with Gasteiger partial charge in [0, 0.05) is 24.2 Å². The number of carbonyl (C=O) groups excluding carboxylic acids is 1. The molecule has 0 saturated carbocycles. The molecular weight excluding hydrogens is 292 g/mol. The Morgan fingerprint density at radius 3 is 2.70 bits per heavy atom. The van der Waals surface area contributed by atoms with E-state index in [0.29, 0.717) is 18.5 Å². The summed E-state index contributed by atoms with van der Waals surface area (Å²) in [4.78, 5) is 30.3. The Hall–Kier alpha value is -2.43. The number of hydrogen-bond donors (Lipinski definition) is 1. The van der Waals surface area contributed by atoms with Crippen molar-refractivity contribution in [2.24, 2.45) is 5.92 Å². The molecule has 2 aromatic rings. The number of nitrogens with zero attached hydrogens (tertiary/aromatic N) is 2. The van der Waals surface area contributed by atoms with Crippen molar-refractivity contribution in [2.75, 3.05) is 13.1 Å². The maximum absolute atomic E-state index is 12.9. The third kappa shape index (κ3) is 2.91. The molecule has 2 heterocycles. The molecule has 0 bridgehead atoms. The second-order valence-corrected chi connectivity index (χ2v) is 6.34. The normalized spacial score (nSPS) is 17.9. The molecule has 120 valence electrons. The van der Waals surface area contributed by atoms with E-state index in [-0.39, 0.29) is 18.4 Å². The van der Waals surface area contributed by atoms with Gasteiger partial charge in [0.2, 0.25) is 0 Å². The molecule has 1 aromatic heterocycles. The summed E-state index contributed by atoms with van der Waals surface area (Å²) in [6.45, 7) is 4.86. The van der Waals surface area contributed by atoms with Crippen LogP contribution in [0, 0.1) is 5.92 Å². The Morgan fingerprint density at radius 2 is 2.04 bits per heavy atom. The molecule has 0 spiro atoms. The van der Waals surface area contributed by atoms with Crippen molar-refractivity contribution in [3.05, 3.63) is 41.6 Å². The van der Waals surface area contributed by atoms with Crippen molar-refractivity contribution in [1.29, 1.82) is 0 Å². The van der Waals surface area contributed by atoms with E-state index in [1.165, 1.54) is 0 Å². The molecule has 0 radical (unpaired) electrons. The summed E-state index contributed by atoms with van der Waals surface area (Å²) in [6.07, 6.45) is 0.515. The number of likely N-dealkylation sites (tertiary alicyclic amines) is 1. The van der Waals surface area contributed by atoms with Crippen LogP contribution in [0.5, 0.6) is 0 Å². The number of carbonyl (C=O) groups is 2. The van der Waals surface area contributed by atoms with Crippen LogP contribution in [0.3, 0.4) is 0 Å². The van der Waals surface area contributed by atoms with E-state index in [1.807, 2.05) is 44.2 Å². The number of fused-ring (bicyclic) bond motifs is 1. The fraction of sp³-hybridized carbons (Fsp3) is 0.389. The third-order valence-electron chi connectivity index (χ3n) is 4.38. The van der Waals surface area contributed by atoms with Gasteiger partial charge in [-0.1, -0.05) is 32.0 Å². The van der Waals surface area contributed by atoms with Gasteiger partial charge >= 0.3 is 5.97 Å². The number of para-hydroxylation sites is 1. The molecule has 1 aliphatic rings. The quantitative estimate of drug-likeness (QED) is 0.946. The predicted molar refractivity (Wildman–Crippen MR) is 87.5 cm³/mol. The minimum absolute atomic E-state index is 0.103. The highest BCUT2D eigenvalue weighted by Crippen LogP contribution is 2.26. The second-order valence-electron chi connectivity index (χ2n) is 6.34. The molecule has 1 aliphatic heterocycles. The maximum Gasteiger partial charge on any atom is 0.308 e. The lowest BCUT2D eigenvalue weighted by molar-refractivity contribution is -0.141. The van der Waals surface area contributed by atoms with Crippen molar-refractivity contribution >= 4 is 22.8 Å². The number of hydrogen-bond acceptors (Lipinski definition) is 3. The topological polar surface area (TPSA) is 70.5 Å². The number of aromatic nitrogens is 1. The molecule has 0 aliphatic carbocycles. The molecule has 5 heteroatoms. The number of aliphatic carboxylic acids is 1. The van der Waals surface area contributed by atoms with Gasteiger partial charge in [0.1, 0.15) is 0 Å². The first kappa shape index (κ1) is 15.5. The molecule has 1 fully saturated rings. The number of carboxylic acids is 1. The van der Waals surface area contributed by atoms with Crippen LogP contribution >= 0.6 is 0 Å². The summed E-state index contributed by atoms with van der Waals surface area (Å²) >= 11 is 0. The molecule has 1 aromatic carbocycles. The van der Waals surface area contributed by atoms with Crippen molar-refractivity contribution < 1.29 is 14.7 Å². The van der Waals surface area contributed by atoms with Gasteiger partial charge in [-0.15, -0.1) is 0 Å². The first-order valence-electron chi connectivity index (χ1n) is 7.89. The largest absolute Gasteiger partial charge is 0.481 e. The van der Waals surface area contributed by atoms with Crippen molar-refractivity contribution in [3.63, 3.8) is 0 Å². The van der Waals surface area contributed by atoms with Crippen LogP contribution in [0.4, 0.5) is 0 Å². The fourth-order valence-electron chi connectivity index (χ4n) is 2.99. The minimum Gasteiger partial charge on any atom is -0.481 e. The average molecular weight is 312 g/mol. The molecule has 1 atom stereocenters. The molecule has 1 amide bonds. The van der Waals surface area contributed by atoms with Crippen LogP contribution in [0.25, 0.3) is 10.9 Å². The Balaban J connectivity index is 2.01. The van der Waals surface area contributed by atoms with Crippen LogP contribution in [0.2, 0.25) is 0 Å². The lowest BCUT2D eigenvalue weighted by Gasteiger charge is -2.18. The summed E-state index contributed by atoms with van der Waals surface area (Å²) in [5.74, 6) is -1.18. The zero-order valence-corrected chi connectivity index (χ0v) is 13.3. The van der Waals surface area contributed by atoms with Crippen LogP contribution in [-0.4, -0.2) is 40.0 Å². The molecule has 23 heavy (non-hydrogen) atoms. The van der Waals surface area contributed by atoms with Gasteiger partial charge < -0.3 is 10.0 Å². The predicted octanol–water partition coefficient (Wildman–Crippen LogP) is 2.90. The Bertz CT molecular complexity index is 770. The van der Waals surface area contributed by atoms with Gasteiger partial charge in [0.15, 0.2) is 0 Å². The third-order valence-corrected chi connectivity index (χ3v) is 4.38. The highest BCUT2D eigenvalue weighted by Gasteiger charge is 2.32. The molecular formula is C18H20N2O3. The first-order valence-corrected chi connectivity index (χ1v) is 7.89. The van der Waals surface area contributed by atoms with Gasteiger partial charge in [0.05, 0.1) is 17.0 Å². The van der Waals surface area contributed by atoms with Crippen LogP contribution in [0.1, 0.15) is 42.2 Å². The summed E-state index contributed by atoms with van der Waals surface area (Å²) in [7, 11) is 0. The number of carboxylic acid groups (broad SMARTS) is 1. The summed E-state index contributed by atoms with van der Waals surface area (Å²) in [5.41, 5.74) is 2.29. The zero-order valence-electron chi connectivity index (χ0n) is 13.3. The van der Waals surface area contributed by atoms with Crippen LogP contribution in [0.15, 0.2) is 30.3 Å². The maximum atomic E-state index is 12.9. The summed E-state index contributed by atoms with van der Waals surface area (Å²) < 4.78 is 0. The highest BCUT2D eigenvalue weighted by atomic mass is 16.4. The van der Waals surface area contributed by atoms with E-state index >= 15 is 0 Å². The lowest BCUT2D eigenvalue weighted by atomic mass is 10.0. The second kappa shape index (κ2) is 5.99. The summed E-state index contributed by atoms with van der Waals surface area (Å²) in [6, 6.07) is 9.44.